The molecule has 0 unspecified atom stereocenters. The molecule has 64 valence electrons. The van der Waals surface area contributed by atoms with Crippen molar-refractivity contribution in [3.05, 3.63) is 23.8 Å². The zero-order valence-corrected chi connectivity index (χ0v) is 6.74. The van der Waals surface area contributed by atoms with Crippen molar-refractivity contribution < 1.29 is 15.0 Å². The van der Waals surface area contributed by atoms with Gasteiger partial charge in [-0.05, 0) is 18.2 Å². The van der Waals surface area contributed by atoms with E-state index in [4.69, 9.17) is 5.11 Å². The highest BCUT2D eigenvalue weighted by atomic mass is 16.3. The topological polar surface area (TPSA) is 57.5 Å². The molecule has 1 rings (SSSR count). The Morgan fingerprint density at radius 1 is 1.42 bits per heavy atom. The zero-order valence-electron chi connectivity index (χ0n) is 6.74. The molecule has 2 N–H and O–H groups in total. The van der Waals surface area contributed by atoms with Crippen LogP contribution in [0.5, 0.6) is 11.5 Å². The van der Waals surface area contributed by atoms with E-state index < -0.39 is 0 Å². The summed E-state index contributed by atoms with van der Waals surface area (Å²) in [6.45, 7) is 1.70. The molecule has 0 atom stereocenters. The van der Waals surface area contributed by atoms with Gasteiger partial charge in [-0.15, -0.1) is 0 Å². The molecule has 0 radical (unpaired) electrons. The van der Waals surface area contributed by atoms with E-state index in [1.54, 1.807) is 6.92 Å². The van der Waals surface area contributed by atoms with Gasteiger partial charge in [-0.3, -0.25) is 4.79 Å². The SMILES string of the molecule is CCC(=O)c1cc(O)ccc1O. The zero-order chi connectivity index (χ0) is 9.14. The van der Waals surface area contributed by atoms with Crippen LogP contribution in [0.25, 0.3) is 0 Å². The predicted molar refractivity (Wildman–Crippen MR) is 44.4 cm³/mol. The number of carbonyl (C=O) groups excluding carboxylic acids is 1. The number of benzene rings is 1. The van der Waals surface area contributed by atoms with Crippen LogP contribution in [-0.2, 0) is 0 Å². The Morgan fingerprint density at radius 2 is 2.08 bits per heavy atom. The van der Waals surface area contributed by atoms with Gasteiger partial charge in [-0.2, -0.15) is 0 Å². The van der Waals surface area contributed by atoms with Crippen molar-refractivity contribution in [3.63, 3.8) is 0 Å². The maximum Gasteiger partial charge on any atom is 0.166 e. The monoisotopic (exact) mass is 166 g/mol. The van der Waals surface area contributed by atoms with Gasteiger partial charge >= 0.3 is 0 Å². The van der Waals surface area contributed by atoms with Crippen LogP contribution < -0.4 is 0 Å². The Hall–Kier alpha value is -1.51. The number of carbonyl (C=O) groups is 1. The van der Waals surface area contributed by atoms with Crippen LogP contribution in [0.4, 0.5) is 0 Å². The van der Waals surface area contributed by atoms with E-state index in [0.717, 1.165) is 0 Å². The summed E-state index contributed by atoms with van der Waals surface area (Å²) >= 11 is 0. The number of rotatable bonds is 2. The Kier molecular flexibility index (Phi) is 2.33. The number of Topliss-reactive ketones (excluding diaryl/α,β-unsaturated/α-hetero) is 1. The normalized spacial score (nSPS) is 9.75. The number of aromatic hydroxyl groups is 2. The van der Waals surface area contributed by atoms with Crippen LogP contribution in [0.3, 0.4) is 0 Å². The van der Waals surface area contributed by atoms with Crippen LogP contribution in [0, 0.1) is 0 Å². The average Bonchev–Trinajstić information content (AvgIpc) is 2.08. The summed E-state index contributed by atoms with van der Waals surface area (Å²) in [5.41, 5.74) is 0.178. The van der Waals surface area contributed by atoms with Crippen molar-refractivity contribution in [2.45, 2.75) is 13.3 Å². The standard InChI is InChI=1S/C9H10O3/c1-2-8(11)7-5-6(10)3-4-9(7)12/h3-5,10,12H,2H2,1H3. The van der Waals surface area contributed by atoms with Crippen LogP contribution in [0.2, 0.25) is 0 Å². The van der Waals surface area contributed by atoms with Gasteiger partial charge < -0.3 is 10.2 Å². The lowest BCUT2D eigenvalue weighted by molar-refractivity contribution is 0.0985. The van der Waals surface area contributed by atoms with Gasteiger partial charge in [0.2, 0.25) is 0 Å². The summed E-state index contributed by atoms with van der Waals surface area (Å²) in [4.78, 5) is 11.1. The predicted octanol–water partition coefficient (Wildman–Crippen LogP) is 1.69. The van der Waals surface area contributed by atoms with E-state index in [1.165, 1.54) is 18.2 Å². The first-order valence-corrected chi connectivity index (χ1v) is 3.70. The Balaban J connectivity index is 3.13. The molecule has 3 heteroatoms. The third-order valence-electron chi connectivity index (χ3n) is 1.60. The van der Waals surface area contributed by atoms with Gasteiger partial charge in [0.05, 0.1) is 5.56 Å². The molecule has 0 spiro atoms. The fourth-order valence-electron chi connectivity index (χ4n) is 0.938. The van der Waals surface area contributed by atoms with Crippen molar-refractivity contribution in [2.75, 3.05) is 0 Å². The van der Waals surface area contributed by atoms with Crippen molar-refractivity contribution >= 4 is 5.78 Å². The molecule has 0 saturated carbocycles. The largest absolute Gasteiger partial charge is 0.508 e. The summed E-state index contributed by atoms with van der Waals surface area (Å²) in [5.74, 6) is -0.271. The fourth-order valence-corrected chi connectivity index (χ4v) is 0.938. The van der Waals surface area contributed by atoms with Gasteiger partial charge in [0, 0.05) is 6.42 Å². The van der Waals surface area contributed by atoms with Gasteiger partial charge in [-0.1, -0.05) is 6.92 Å². The molecule has 0 amide bonds. The van der Waals surface area contributed by atoms with Gasteiger partial charge in [0.1, 0.15) is 11.5 Å². The molecule has 0 heterocycles. The maximum absolute atomic E-state index is 11.1. The highest BCUT2D eigenvalue weighted by Gasteiger charge is 2.08. The summed E-state index contributed by atoms with van der Waals surface area (Å²) in [6, 6.07) is 3.90. The Morgan fingerprint density at radius 3 is 2.67 bits per heavy atom. The number of phenols is 2. The fraction of sp³-hybridized carbons (Fsp3) is 0.222. The molecule has 3 nitrogen and oxygen atoms in total. The number of hydrogen-bond acceptors (Lipinski definition) is 3. The third kappa shape index (κ3) is 1.56. The van der Waals surface area contributed by atoms with Crippen LogP contribution in [0.1, 0.15) is 23.7 Å². The molecule has 0 aliphatic heterocycles. The summed E-state index contributed by atoms with van der Waals surface area (Å²) in [6.07, 6.45) is 0.316. The van der Waals surface area contributed by atoms with E-state index in [2.05, 4.69) is 0 Å². The molecule has 0 aliphatic carbocycles. The van der Waals surface area contributed by atoms with Crippen molar-refractivity contribution in [1.29, 1.82) is 0 Å². The van der Waals surface area contributed by atoms with Gasteiger partial charge in [-0.25, -0.2) is 0 Å². The molecule has 0 fully saturated rings. The lowest BCUT2D eigenvalue weighted by Gasteiger charge is -2.01. The number of ketones is 1. The molecular formula is C9H10O3. The minimum absolute atomic E-state index is 0.00963. The van der Waals surface area contributed by atoms with Crippen molar-refractivity contribution in [3.8, 4) is 11.5 Å². The average molecular weight is 166 g/mol. The highest BCUT2D eigenvalue weighted by molar-refractivity contribution is 5.98. The van der Waals surface area contributed by atoms with E-state index in [0.29, 0.717) is 6.42 Å². The van der Waals surface area contributed by atoms with Crippen LogP contribution in [-0.4, -0.2) is 16.0 Å². The Labute approximate surface area is 70.3 Å². The molecule has 0 aliphatic rings. The smallest absolute Gasteiger partial charge is 0.166 e. The van der Waals surface area contributed by atoms with Crippen molar-refractivity contribution in [2.24, 2.45) is 0 Å². The minimum atomic E-state index is -0.177. The van der Waals surface area contributed by atoms with Gasteiger partial charge in [0.15, 0.2) is 5.78 Å². The maximum atomic E-state index is 11.1. The Bertz CT molecular complexity index is 305. The molecule has 0 aromatic heterocycles. The second kappa shape index (κ2) is 3.26. The van der Waals surface area contributed by atoms with E-state index in [-0.39, 0.29) is 22.8 Å². The second-order valence-corrected chi connectivity index (χ2v) is 2.48. The molecule has 1 aromatic carbocycles. The lowest BCUT2D eigenvalue weighted by atomic mass is 10.1. The lowest BCUT2D eigenvalue weighted by Crippen LogP contribution is -1.96. The van der Waals surface area contributed by atoms with Crippen LogP contribution in [0.15, 0.2) is 18.2 Å². The number of hydrogen-bond donors (Lipinski definition) is 2. The summed E-state index contributed by atoms with van der Waals surface area (Å²) in [7, 11) is 0. The first-order chi connectivity index (χ1) is 5.65. The summed E-state index contributed by atoms with van der Waals surface area (Å²) in [5, 5.41) is 18.2. The molecule has 0 saturated heterocycles. The van der Waals surface area contributed by atoms with E-state index >= 15 is 0 Å². The second-order valence-electron chi connectivity index (χ2n) is 2.48. The number of phenolic OH excluding ortho intramolecular Hbond substituents is 2. The summed E-state index contributed by atoms with van der Waals surface area (Å²) < 4.78 is 0. The quantitative estimate of drug-likeness (QED) is 0.519. The van der Waals surface area contributed by atoms with E-state index in [9.17, 15) is 9.90 Å². The minimum Gasteiger partial charge on any atom is -0.508 e. The third-order valence-corrected chi connectivity index (χ3v) is 1.60. The first kappa shape index (κ1) is 8.59. The van der Waals surface area contributed by atoms with E-state index in [1.807, 2.05) is 0 Å². The molecule has 1 aromatic rings. The highest BCUT2D eigenvalue weighted by Crippen LogP contribution is 2.22. The van der Waals surface area contributed by atoms with Crippen LogP contribution >= 0.6 is 0 Å². The molecular weight excluding hydrogens is 156 g/mol. The first-order valence-electron chi connectivity index (χ1n) is 3.70. The molecule has 0 bridgehead atoms. The van der Waals surface area contributed by atoms with Crippen molar-refractivity contribution in [1.82, 2.24) is 0 Å². The molecule has 12 heavy (non-hydrogen) atoms. The van der Waals surface area contributed by atoms with Gasteiger partial charge in [0.25, 0.3) is 0 Å².